The predicted molar refractivity (Wildman–Crippen MR) is 111 cm³/mol. The minimum atomic E-state index is -0.340. The third-order valence-corrected chi connectivity index (χ3v) is 4.11. The molecule has 0 saturated heterocycles. The summed E-state index contributed by atoms with van der Waals surface area (Å²) < 4.78 is 2.89. The molecule has 0 fully saturated rings. The van der Waals surface area contributed by atoms with Crippen LogP contribution in [0, 0.1) is 6.92 Å². The number of amides is 1. The van der Waals surface area contributed by atoms with Gasteiger partial charge < -0.3 is 10.6 Å². The molecule has 0 aliphatic heterocycles. The summed E-state index contributed by atoms with van der Waals surface area (Å²) in [6, 6.07) is 11.8. The summed E-state index contributed by atoms with van der Waals surface area (Å²) in [7, 11) is 0. The molecule has 0 unspecified atom stereocenters. The molecule has 1 aromatic carbocycles. The summed E-state index contributed by atoms with van der Waals surface area (Å²) in [5, 5.41) is 9.83. The van der Waals surface area contributed by atoms with Gasteiger partial charge in [0.05, 0.1) is 0 Å². The van der Waals surface area contributed by atoms with E-state index in [2.05, 4.69) is 30.7 Å². The molecule has 10 nitrogen and oxygen atoms in total. The number of hydrogen-bond donors (Lipinski definition) is 2. The number of aromatic nitrogens is 6. The Morgan fingerprint density at radius 2 is 1.87 bits per heavy atom. The first kappa shape index (κ1) is 19.0. The molecule has 3 aromatic heterocycles. The number of imidazole rings is 1. The average molecular weight is 402 g/mol. The number of anilines is 3. The van der Waals surface area contributed by atoms with Crippen LogP contribution in [0.4, 0.5) is 17.2 Å². The molecule has 2 N–H and O–H groups in total. The molecule has 0 bridgehead atoms. The largest absolute Gasteiger partial charge is 0.340 e. The van der Waals surface area contributed by atoms with Crippen molar-refractivity contribution in [3.05, 3.63) is 83.6 Å². The van der Waals surface area contributed by atoms with Crippen LogP contribution in [-0.4, -0.2) is 35.2 Å². The van der Waals surface area contributed by atoms with Crippen molar-refractivity contribution in [3.8, 4) is 5.82 Å². The molecular formula is C20H18N8O2. The minimum Gasteiger partial charge on any atom is -0.340 e. The number of rotatable bonds is 6. The van der Waals surface area contributed by atoms with Crippen LogP contribution in [0.1, 0.15) is 5.82 Å². The molecule has 0 spiro atoms. The first-order valence-electron chi connectivity index (χ1n) is 9.10. The molecule has 0 radical (unpaired) electrons. The van der Waals surface area contributed by atoms with E-state index in [4.69, 9.17) is 0 Å². The van der Waals surface area contributed by atoms with Crippen molar-refractivity contribution in [1.29, 1.82) is 0 Å². The van der Waals surface area contributed by atoms with Crippen LogP contribution in [-0.2, 0) is 11.3 Å². The second kappa shape index (κ2) is 8.35. The predicted octanol–water partition coefficient (Wildman–Crippen LogP) is 1.91. The number of aryl methyl sites for hydroxylation is 1. The number of nitrogens with one attached hydrogen (secondary N) is 2. The maximum absolute atomic E-state index is 12.1. The molecule has 10 heteroatoms. The van der Waals surface area contributed by atoms with Crippen LogP contribution in [0.3, 0.4) is 0 Å². The quantitative estimate of drug-likeness (QED) is 0.505. The molecular weight excluding hydrogens is 384 g/mol. The van der Waals surface area contributed by atoms with Gasteiger partial charge in [0.25, 0.3) is 5.56 Å². The average Bonchev–Trinajstić information content (AvgIpc) is 3.26. The smallest absolute Gasteiger partial charge is 0.267 e. The zero-order valence-corrected chi connectivity index (χ0v) is 16.1. The van der Waals surface area contributed by atoms with Crippen LogP contribution >= 0.6 is 0 Å². The van der Waals surface area contributed by atoms with E-state index in [1.807, 2.05) is 31.3 Å². The van der Waals surface area contributed by atoms with E-state index in [0.717, 1.165) is 10.4 Å². The van der Waals surface area contributed by atoms with Gasteiger partial charge in [0.2, 0.25) is 5.91 Å². The SMILES string of the molecule is Cc1nc(Nc2ccc(NC(=O)Cn3ncccc3=O)cc2)cc(-n2ccnc2)n1. The zero-order chi connectivity index (χ0) is 20.9. The molecule has 4 rings (SSSR count). The summed E-state index contributed by atoms with van der Waals surface area (Å²) in [6.45, 7) is 1.66. The Balaban J connectivity index is 1.42. The highest BCUT2D eigenvalue weighted by atomic mass is 16.2. The van der Waals surface area contributed by atoms with Crippen LogP contribution in [0.5, 0.6) is 0 Å². The highest BCUT2D eigenvalue weighted by Crippen LogP contribution is 2.19. The molecule has 0 aliphatic carbocycles. The molecule has 3 heterocycles. The molecule has 0 saturated carbocycles. The van der Waals surface area contributed by atoms with E-state index < -0.39 is 0 Å². The Morgan fingerprint density at radius 1 is 1.07 bits per heavy atom. The lowest BCUT2D eigenvalue weighted by Crippen LogP contribution is -2.28. The second-order valence-corrected chi connectivity index (χ2v) is 6.40. The van der Waals surface area contributed by atoms with Gasteiger partial charge in [-0.15, -0.1) is 0 Å². The van der Waals surface area contributed by atoms with Gasteiger partial charge in [0.1, 0.15) is 30.3 Å². The Kier molecular flexibility index (Phi) is 5.29. The Hall–Kier alpha value is -4.34. The maximum Gasteiger partial charge on any atom is 0.267 e. The summed E-state index contributed by atoms with van der Waals surface area (Å²) in [4.78, 5) is 36.6. The van der Waals surface area contributed by atoms with E-state index in [1.165, 1.54) is 18.3 Å². The summed E-state index contributed by atoms with van der Waals surface area (Å²) in [5.41, 5.74) is 1.07. The standard InChI is InChI=1S/C20H18N8O2/c1-14-23-17(11-18(24-14)27-10-9-21-13-27)25-15-4-6-16(7-5-15)26-19(29)12-28-20(30)3-2-8-22-28/h2-11,13H,12H2,1H3,(H,26,29)(H,23,24,25). The van der Waals surface area contributed by atoms with Crippen LogP contribution in [0.2, 0.25) is 0 Å². The zero-order valence-electron chi connectivity index (χ0n) is 16.1. The third kappa shape index (κ3) is 4.55. The first-order chi connectivity index (χ1) is 14.6. The molecule has 4 aromatic rings. The summed E-state index contributed by atoms with van der Waals surface area (Å²) in [5.74, 6) is 1.62. The lowest BCUT2D eigenvalue weighted by molar-refractivity contribution is -0.117. The fourth-order valence-electron chi connectivity index (χ4n) is 2.77. The second-order valence-electron chi connectivity index (χ2n) is 6.40. The Labute approximate surface area is 171 Å². The summed E-state index contributed by atoms with van der Waals surface area (Å²) >= 11 is 0. The number of nitrogens with zero attached hydrogens (tertiary/aromatic N) is 6. The topological polar surface area (TPSA) is 120 Å². The van der Waals surface area contributed by atoms with Gasteiger partial charge in [-0.3, -0.25) is 14.2 Å². The van der Waals surface area contributed by atoms with E-state index >= 15 is 0 Å². The van der Waals surface area contributed by atoms with Gasteiger partial charge in [0, 0.05) is 42.1 Å². The van der Waals surface area contributed by atoms with Gasteiger partial charge in [-0.25, -0.2) is 19.6 Å². The van der Waals surface area contributed by atoms with E-state index in [1.54, 1.807) is 29.2 Å². The van der Waals surface area contributed by atoms with Gasteiger partial charge in [-0.2, -0.15) is 5.10 Å². The molecule has 0 aliphatic rings. The lowest BCUT2D eigenvalue weighted by atomic mass is 10.2. The van der Waals surface area contributed by atoms with Crippen molar-refractivity contribution >= 4 is 23.1 Å². The lowest BCUT2D eigenvalue weighted by Gasteiger charge is -2.10. The maximum atomic E-state index is 12.1. The van der Waals surface area contributed by atoms with Gasteiger partial charge in [-0.1, -0.05) is 0 Å². The molecule has 1 amide bonds. The van der Waals surface area contributed by atoms with Crippen molar-refractivity contribution in [1.82, 2.24) is 29.3 Å². The van der Waals surface area contributed by atoms with Crippen molar-refractivity contribution < 1.29 is 4.79 Å². The highest BCUT2D eigenvalue weighted by Gasteiger charge is 2.07. The van der Waals surface area contributed by atoms with Crippen molar-refractivity contribution in [2.24, 2.45) is 0 Å². The van der Waals surface area contributed by atoms with Gasteiger partial charge >= 0.3 is 0 Å². The molecule has 30 heavy (non-hydrogen) atoms. The Morgan fingerprint density at radius 3 is 2.60 bits per heavy atom. The molecule has 0 atom stereocenters. The Bertz CT molecular complexity index is 1220. The normalized spacial score (nSPS) is 10.6. The van der Waals surface area contributed by atoms with Crippen LogP contribution < -0.4 is 16.2 Å². The van der Waals surface area contributed by atoms with Crippen molar-refractivity contribution in [2.75, 3.05) is 10.6 Å². The van der Waals surface area contributed by atoms with Crippen LogP contribution in [0.15, 0.2) is 72.2 Å². The van der Waals surface area contributed by atoms with E-state index in [0.29, 0.717) is 23.1 Å². The van der Waals surface area contributed by atoms with Crippen molar-refractivity contribution in [3.63, 3.8) is 0 Å². The van der Waals surface area contributed by atoms with E-state index in [-0.39, 0.29) is 18.0 Å². The third-order valence-electron chi connectivity index (χ3n) is 4.11. The number of carbonyl (C=O) groups excluding carboxylic acids is 1. The summed E-state index contributed by atoms with van der Waals surface area (Å²) in [6.07, 6.45) is 6.62. The van der Waals surface area contributed by atoms with Crippen LogP contribution in [0.25, 0.3) is 5.82 Å². The minimum absolute atomic E-state index is 0.156. The van der Waals surface area contributed by atoms with E-state index in [9.17, 15) is 9.59 Å². The first-order valence-corrected chi connectivity index (χ1v) is 9.10. The van der Waals surface area contributed by atoms with Gasteiger partial charge in [0.15, 0.2) is 0 Å². The molecule has 150 valence electrons. The highest BCUT2D eigenvalue weighted by molar-refractivity contribution is 5.90. The fourth-order valence-corrected chi connectivity index (χ4v) is 2.77. The monoisotopic (exact) mass is 402 g/mol. The van der Waals surface area contributed by atoms with Gasteiger partial charge in [-0.05, 0) is 37.3 Å². The van der Waals surface area contributed by atoms with Crippen molar-refractivity contribution in [2.45, 2.75) is 13.5 Å². The number of carbonyl (C=O) groups is 1. The number of benzene rings is 1. The fraction of sp³-hybridized carbons (Fsp3) is 0.100. The number of hydrogen-bond acceptors (Lipinski definition) is 7.